The molecule has 2 aromatic rings. The number of H-pyrrole nitrogens is 1. The molecule has 0 fully saturated rings. The van der Waals surface area contributed by atoms with Gasteiger partial charge in [0.1, 0.15) is 11.5 Å². The Morgan fingerprint density at radius 3 is 2.71 bits per heavy atom. The van der Waals surface area contributed by atoms with Crippen LogP contribution < -0.4 is 16.6 Å². The number of anilines is 2. The van der Waals surface area contributed by atoms with E-state index in [1.54, 1.807) is 12.1 Å². The fourth-order valence-electron chi connectivity index (χ4n) is 1.13. The summed E-state index contributed by atoms with van der Waals surface area (Å²) in [5.74, 6) is -0.101. The summed E-state index contributed by atoms with van der Waals surface area (Å²) in [4.78, 5) is 26.3. The molecule has 0 bridgehead atoms. The standard InChI is InChI=1S/C10H9N5O2/c11-6-1-3-8(12-5-6)13-10(17)7-2-4-9(16)15-14-7/h1-5H,11H2,(H,15,16)(H,12,13,17). The summed E-state index contributed by atoms with van der Waals surface area (Å²) in [5.41, 5.74) is 5.69. The predicted octanol–water partition coefficient (Wildman–Crippen LogP) is -0.000600. The van der Waals surface area contributed by atoms with Crippen LogP contribution in [0.25, 0.3) is 0 Å². The summed E-state index contributed by atoms with van der Waals surface area (Å²) in [5, 5.41) is 8.27. The molecule has 0 saturated heterocycles. The van der Waals surface area contributed by atoms with Gasteiger partial charge < -0.3 is 11.1 Å². The molecule has 7 heteroatoms. The third-order valence-electron chi connectivity index (χ3n) is 1.94. The van der Waals surface area contributed by atoms with Crippen LogP contribution in [0.3, 0.4) is 0 Å². The summed E-state index contributed by atoms with van der Waals surface area (Å²) >= 11 is 0. The molecule has 7 nitrogen and oxygen atoms in total. The fourth-order valence-corrected chi connectivity index (χ4v) is 1.13. The first-order valence-corrected chi connectivity index (χ1v) is 4.74. The number of nitrogens with one attached hydrogen (secondary N) is 2. The summed E-state index contributed by atoms with van der Waals surface area (Å²) in [6.07, 6.45) is 1.43. The van der Waals surface area contributed by atoms with Crippen LogP contribution >= 0.6 is 0 Å². The summed E-state index contributed by atoms with van der Waals surface area (Å²) in [6.45, 7) is 0. The number of hydrogen-bond acceptors (Lipinski definition) is 5. The fraction of sp³-hybridized carbons (Fsp3) is 0. The zero-order chi connectivity index (χ0) is 12.3. The molecule has 0 aromatic carbocycles. The Hall–Kier alpha value is -2.70. The molecule has 0 spiro atoms. The van der Waals surface area contributed by atoms with Gasteiger partial charge in [-0.2, -0.15) is 5.10 Å². The van der Waals surface area contributed by atoms with Crippen LogP contribution in [0, 0.1) is 0 Å². The molecule has 0 radical (unpaired) electrons. The quantitative estimate of drug-likeness (QED) is 0.673. The van der Waals surface area contributed by atoms with E-state index in [1.807, 2.05) is 0 Å². The van der Waals surface area contributed by atoms with Gasteiger partial charge in [0, 0.05) is 6.07 Å². The van der Waals surface area contributed by atoms with Gasteiger partial charge in [0.25, 0.3) is 11.5 Å². The number of carbonyl (C=O) groups is 1. The van der Waals surface area contributed by atoms with Crippen molar-refractivity contribution in [2.45, 2.75) is 0 Å². The first kappa shape index (κ1) is 10.8. The van der Waals surface area contributed by atoms with E-state index in [9.17, 15) is 9.59 Å². The van der Waals surface area contributed by atoms with Crippen LogP contribution in [0.2, 0.25) is 0 Å². The number of aromatic nitrogens is 3. The molecule has 2 aromatic heterocycles. The lowest BCUT2D eigenvalue weighted by atomic mass is 10.3. The Bertz CT molecular complexity index is 570. The maximum atomic E-state index is 11.6. The number of carbonyl (C=O) groups excluding carboxylic acids is 1. The number of nitrogens with zero attached hydrogens (tertiary/aromatic N) is 2. The predicted molar refractivity (Wildman–Crippen MR) is 61.5 cm³/mol. The molecule has 2 heterocycles. The highest BCUT2D eigenvalue weighted by Crippen LogP contribution is 2.06. The van der Waals surface area contributed by atoms with E-state index < -0.39 is 5.91 Å². The number of hydrogen-bond donors (Lipinski definition) is 3. The minimum absolute atomic E-state index is 0.100. The number of nitrogens with two attached hydrogens (primary N) is 1. The third-order valence-corrected chi connectivity index (χ3v) is 1.94. The van der Waals surface area contributed by atoms with Crippen molar-refractivity contribution >= 4 is 17.4 Å². The van der Waals surface area contributed by atoms with Gasteiger partial charge in [-0.3, -0.25) is 9.59 Å². The van der Waals surface area contributed by atoms with Gasteiger partial charge in [-0.1, -0.05) is 0 Å². The third kappa shape index (κ3) is 2.65. The van der Waals surface area contributed by atoms with Crippen molar-refractivity contribution in [3.63, 3.8) is 0 Å². The number of pyridine rings is 1. The second kappa shape index (κ2) is 4.44. The molecule has 1 amide bonds. The molecule has 4 N–H and O–H groups in total. The first-order valence-electron chi connectivity index (χ1n) is 4.74. The topological polar surface area (TPSA) is 114 Å². The van der Waals surface area contributed by atoms with Crippen molar-refractivity contribution in [1.82, 2.24) is 15.2 Å². The highest BCUT2D eigenvalue weighted by atomic mass is 16.2. The molecule has 0 aliphatic heterocycles. The normalized spacial score (nSPS) is 9.88. The molecule has 2 rings (SSSR count). The van der Waals surface area contributed by atoms with E-state index >= 15 is 0 Å². The second-order valence-electron chi connectivity index (χ2n) is 3.24. The van der Waals surface area contributed by atoms with Crippen molar-refractivity contribution < 1.29 is 4.79 Å². The van der Waals surface area contributed by atoms with E-state index in [0.717, 1.165) is 0 Å². The Labute approximate surface area is 95.7 Å². The van der Waals surface area contributed by atoms with Gasteiger partial charge >= 0.3 is 0 Å². The molecule has 0 atom stereocenters. The van der Waals surface area contributed by atoms with Crippen molar-refractivity contribution in [3.8, 4) is 0 Å². The number of amides is 1. The molecule has 17 heavy (non-hydrogen) atoms. The maximum absolute atomic E-state index is 11.6. The van der Waals surface area contributed by atoms with Crippen LogP contribution in [0.5, 0.6) is 0 Å². The van der Waals surface area contributed by atoms with Crippen LogP contribution in [-0.4, -0.2) is 21.1 Å². The molecule has 0 aliphatic rings. The minimum atomic E-state index is -0.460. The number of nitrogen functional groups attached to an aromatic ring is 1. The van der Waals surface area contributed by atoms with Crippen molar-refractivity contribution in [2.24, 2.45) is 0 Å². The Morgan fingerprint density at radius 2 is 2.12 bits per heavy atom. The second-order valence-corrected chi connectivity index (χ2v) is 3.24. The van der Waals surface area contributed by atoms with Gasteiger partial charge in [-0.25, -0.2) is 10.1 Å². The van der Waals surface area contributed by atoms with Crippen molar-refractivity contribution in [2.75, 3.05) is 11.1 Å². The van der Waals surface area contributed by atoms with Gasteiger partial charge in [-0.15, -0.1) is 0 Å². The first-order chi connectivity index (χ1) is 8.15. The van der Waals surface area contributed by atoms with E-state index in [2.05, 4.69) is 20.5 Å². The molecule has 0 unspecified atom stereocenters. The molecule has 0 aliphatic carbocycles. The largest absolute Gasteiger partial charge is 0.397 e. The van der Waals surface area contributed by atoms with E-state index in [1.165, 1.54) is 18.3 Å². The SMILES string of the molecule is Nc1ccc(NC(=O)c2ccc(=O)[nH]n2)nc1. The average Bonchev–Trinajstić information content (AvgIpc) is 2.33. The molecule has 0 saturated carbocycles. The lowest BCUT2D eigenvalue weighted by Gasteiger charge is -2.02. The highest BCUT2D eigenvalue weighted by molar-refractivity contribution is 6.02. The number of aromatic amines is 1. The van der Waals surface area contributed by atoms with Crippen LogP contribution in [0.15, 0.2) is 35.3 Å². The Kier molecular flexibility index (Phi) is 2.82. The van der Waals surface area contributed by atoms with E-state index in [4.69, 9.17) is 5.73 Å². The van der Waals surface area contributed by atoms with Gasteiger partial charge in [0.2, 0.25) is 0 Å². The lowest BCUT2D eigenvalue weighted by molar-refractivity contribution is 0.102. The molecule has 86 valence electrons. The summed E-state index contributed by atoms with van der Waals surface area (Å²) in [6, 6.07) is 5.73. The van der Waals surface area contributed by atoms with Crippen LogP contribution in [0.1, 0.15) is 10.5 Å². The van der Waals surface area contributed by atoms with Crippen LogP contribution in [-0.2, 0) is 0 Å². The molecular weight excluding hydrogens is 222 g/mol. The van der Waals surface area contributed by atoms with E-state index in [-0.39, 0.29) is 11.3 Å². The van der Waals surface area contributed by atoms with Crippen molar-refractivity contribution in [3.05, 3.63) is 46.5 Å². The summed E-state index contributed by atoms with van der Waals surface area (Å²) in [7, 11) is 0. The Balaban J connectivity index is 2.14. The van der Waals surface area contributed by atoms with Gasteiger partial charge in [0.15, 0.2) is 0 Å². The minimum Gasteiger partial charge on any atom is -0.397 e. The highest BCUT2D eigenvalue weighted by Gasteiger charge is 2.07. The Morgan fingerprint density at radius 1 is 1.29 bits per heavy atom. The van der Waals surface area contributed by atoms with Crippen molar-refractivity contribution in [1.29, 1.82) is 0 Å². The monoisotopic (exact) mass is 231 g/mol. The van der Waals surface area contributed by atoms with Crippen LogP contribution in [0.4, 0.5) is 11.5 Å². The average molecular weight is 231 g/mol. The zero-order valence-corrected chi connectivity index (χ0v) is 8.68. The number of rotatable bonds is 2. The maximum Gasteiger partial charge on any atom is 0.277 e. The zero-order valence-electron chi connectivity index (χ0n) is 8.68. The van der Waals surface area contributed by atoms with Gasteiger partial charge in [0.05, 0.1) is 11.9 Å². The lowest BCUT2D eigenvalue weighted by Crippen LogP contribution is -2.18. The smallest absolute Gasteiger partial charge is 0.277 e. The van der Waals surface area contributed by atoms with Gasteiger partial charge in [-0.05, 0) is 18.2 Å². The summed E-state index contributed by atoms with van der Waals surface area (Å²) < 4.78 is 0. The molecular formula is C10H9N5O2. The van der Waals surface area contributed by atoms with E-state index in [0.29, 0.717) is 11.5 Å².